The lowest BCUT2D eigenvalue weighted by atomic mass is 10.0. The van der Waals surface area contributed by atoms with E-state index in [1.807, 2.05) is 43.3 Å². The molecule has 0 radical (unpaired) electrons. The number of carbonyl (C=O) groups is 1. The van der Waals surface area contributed by atoms with Gasteiger partial charge in [0.15, 0.2) is 0 Å². The predicted molar refractivity (Wildman–Crippen MR) is 114 cm³/mol. The number of rotatable bonds is 6. The minimum absolute atomic E-state index is 0.0774. The average Bonchev–Trinajstić information content (AvgIpc) is 2.77. The molecule has 150 valence electrons. The molecule has 0 saturated carbocycles. The molecule has 1 heterocycles. The van der Waals surface area contributed by atoms with Crippen LogP contribution in [0.3, 0.4) is 0 Å². The van der Waals surface area contributed by atoms with Crippen molar-refractivity contribution in [1.82, 2.24) is 4.98 Å². The molecule has 0 amide bonds. The summed E-state index contributed by atoms with van der Waals surface area (Å²) in [5.41, 5.74) is 4.15. The molecule has 0 spiro atoms. The highest BCUT2D eigenvalue weighted by Crippen LogP contribution is 2.31. The zero-order valence-corrected chi connectivity index (χ0v) is 16.7. The number of aryl methyl sites for hydroxylation is 1. The fourth-order valence-electron chi connectivity index (χ4n) is 3.28. The van der Waals surface area contributed by atoms with Crippen molar-refractivity contribution in [2.75, 3.05) is 7.11 Å². The van der Waals surface area contributed by atoms with Crippen molar-refractivity contribution < 1.29 is 19.4 Å². The van der Waals surface area contributed by atoms with Gasteiger partial charge in [0.1, 0.15) is 23.6 Å². The van der Waals surface area contributed by atoms with Gasteiger partial charge in [-0.25, -0.2) is 4.98 Å². The summed E-state index contributed by atoms with van der Waals surface area (Å²) >= 11 is 0. The highest BCUT2D eigenvalue weighted by Gasteiger charge is 2.12. The van der Waals surface area contributed by atoms with E-state index in [0.29, 0.717) is 29.0 Å². The molecule has 3 aromatic carbocycles. The van der Waals surface area contributed by atoms with Crippen LogP contribution in [0.25, 0.3) is 22.2 Å². The number of aromatic nitrogens is 1. The maximum Gasteiger partial charge on any atom is 0.145 e. The number of aromatic carboxylic acids is 1. The third-order valence-electron chi connectivity index (χ3n) is 4.92. The van der Waals surface area contributed by atoms with Crippen LogP contribution in [0.4, 0.5) is 0 Å². The van der Waals surface area contributed by atoms with Gasteiger partial charge < -0.3 is 19.4 Å². The van der Waals surface area contributed by atoms with Crippen LogP contribution < -0.4 is 14.6 Å². The lowest BCUT2D eigenvalue weighted by molar-refractivity contribution is -0.254. The standard InChI is InChI=1S/C25H21NO4/c1-16-6-8-17(9-7-16)15-30-19-12-10-18(11-13-19)22-14-21(25(27)28)20-4-3-5-23(29-2)24(20)26-22/h3-14H,15H2,1-2H3,(H,27,28)/p-1. The molecular weight excluding hydrogens is 378 g/mol. The van der Waals surface area contributed by atoms with Gasteiger partial charge in [-0.3, -0.25) is 0 Å². The van der Waals surface area contributed by atoms with E-state index >= 15 is 0 Å². The van der Waals surface area contributed by atoms with Crippen molar-refractivity contribution in [3.05, 3.63) is 89.5 Å². The molecule has 0 bridgehead atoms. The lowest BCUT2D eigenvalue weighted by Gasteiger charge is -2.13. The van der Waals surface area contributed by atoms with Gasteiger partial charge in [-0.15, -0.1) is 0 Å². The molecule has 5 heteroatoms. The largest absolute Gasteiger partial charge is 0.545 e. The monoisotopic (exact) mass is 398 g/mol. The third kappa shape index (κ3) is 3.96. The molecule has 0 aliphatic carbocycles. The van der Waals surface area contributed by atoms with Crippen molar-refractivity contribution in [2.24, 2.45) is 0 Å². The number of para-hydroxylation sites is 1. The number of benzene rings is 3. The Balaban J connectivity index is 1.63. The minimum atomic E-state index is -1.25. The van der Waals surface area contributed by atoms with Crippen molar-refractivity contribution in [2.45, 2.75) is 13.5 Å². The van der Waals surface area contributed by atoms with Crippen LogP contribution >= 0.6 is 0 Å². The summed E-state index contributed by atoms with van der Waals surface area (Å²) in [4.78, 5) is 16.3. The summed E-state index contributed by atoms with van der Waals surface area (Å²) in [6.45, 7) is 2.52. The van der Waals surface area contributed by atoms with Crippen LogP contribution in [-0.2, 0) is 6.61 Å². The van der Waals surface area contributed by atoms with Crippen molar-refractivity contribution in [3.63, 3.8) is 0 Å². The van der Waals surface area contributed by atoms with Gasteiger partial charge in [-0.1, -0.05) is 42.0 Å². The summed E-state index contributed by atoms with van der Waals surface area (Å²) in [5.74, 6) is -0.0253. The molecule has 1 aromatic heterocycles. The SMILES string of the molecule is COc1cccc2c(C(=O)[O-])cc(-c3ccc(OCc4ccc(C)cc4)cc3)nc12. The van der Waals surface area contributed by atoms with Gasteiger partial charge in [-0.2, -0.15) is 0 Å². The number of fused-ring (bicyclic) bond motifs is 1. The van der Waals surface area contributed by atoms with Gasteiger partial charge in [0, 0.05) is 16.5 Å². The molecule has 0 fully saturated rings. The first-order chi connectivity index (χ1) is 14.5. The fraction of sp³-hybridized carbons (Fsp3) is 0.120. The molecule has 0 aliphatic heterocycles. The number of carbonyl (C=O) groups excluding carboxylic acids is 1. The van der Waals surface area contributed by atoms with E-state index in [2.05, 4.69) is 17.1 Å². The van der Waals surface area contributed by atoms with Crippen LogP contribution in [0.1, 0.15) is 21.5 Å². The molecule has 4 aromatic rings. The van der Waals surface area contributed by atoms with E-state index in [0.717, 1.165) is 16.9 Å². The Labute approximate surface area is 174 Å². The topological polar surface area (TPSA) is 71.5 Å². The predicted octanol–water partition coefficient (Wildman–Crippen LogP) is 4.16. The zero-order valence-electron chi connectivity index (χ0n) is 16.7. The number of pyridine rings is 1. The van der Waals surface area contributed by atoms with Crippen LogP contribution in [0, 0.1) is 6.92 Å². The smallest absolute Gasteiger partial charge is 0.145 e. The summed E-state index contributed by atoms with van der Waals surface area (Å²) in [5, 5.41) is 12.2. The number of nitrogens with zero attached hydrogens (tertiary/aromatic N) is 1. The van der Waals surface area contributed by atoms with E-state index in [4.69, 9.17) is 9.47 Å². The third-order valence-corrected chi connectivity index (χ3v) is 4.92. The number of carboxylic acid groups (broad SMARTS) is 1. The summed E-state index contributed by atoms with van der Waals surface area (Å²) in [6, 6.07) is 22.3. The average molecular weight is 398 g/mol. The highest BCUT2D eigenvalue weighted by atomic mass is 16.5. The molecule has 5 nitrogen and oxygen atoms in total. The summed E-state index contributed by atoms with van der Waals surface area (Å²) < 4.78 is 11.2. The Morgan fingerprint density at radius 1 is 1.00 bits per heavy atom. The van der Waals surface area contributed by atoms with Gasteiger partial charge >= 0.3 is 0 Å². The number of hydrogen-bond acceptors (Lipinski definition) is 5. The normalized spacial score (nSPS) is 10.7. The zero-order chi connectivity index (χ0) is 21.1. The molecule has 30 heavy (non-hydrogen) atoms. The number of ether oxygens (including phenoxy) is 2. The van der Waals surface area contributed by atoms with E-state index in [1.165, 1.54) is 18.7 Å². The van der Waals surface area contributed by atoms with Crippen LogP contribution in [-0.4, -0.2) is 18.1 Å². The first-order valence-electron chi connectivity index (χ1n) is 9.53. The van der Waals surface area contributed by atoms with E-state index in [-0.39, 0.29) is 5.56 Å². The Hall–Kier alpha value is -3.86. The van der Waals surface area contributed by atoms with Crippen LogP contribution in [0.2, 0.25) is 0 Å². The van der Waals surface area contributed by atoms with E-state index in [9.17, 15) is 9.90 Å². The first kappa shape index (κ1) is 19.5. The van der Waals surface area contributed by atoms with Crippen molar-refractivity contribution >= 4 is 16.9 Å². The maximum absolute atomic E-state index is 11.7. The Morgan fingerprint density at radius 2 is 1.73 bits per heavy atom. The Kier molecular flexibility index (Phi) is 5.35. The molecular formula is C25H20NO4-. The molecule has 0 saturated heterocycles. The quantitative estimate of drug-likeness (QED) is 0.488. The Morgan fingerprint density at radius 3 is 2.40 bits per heavy atom. The number of hydrogen-bond donors (Lipinski definition) is 0. The van der Waals surface area contributed by atoms with Crippen molar-refractivity contribution in [1.29, 1.82) is 0 Å². The summed E-state index contributed by atoms with van der Waals surface area (Å²) in [6.07, 6.45) is 0. The minimum Gasteiger partial charge on any atom is -0.545 e. The van der Waals surface area contributed by atoms with Crippen LogP contribution in [0.15, 0.2) is 72.8 Å². The van der Waals surface area contributed by atoms with Gasteiger partial charge in [0.05, 0.1) is 18.8 Å². The number of methoxy groups -OCH3 is 1. The molecule has 4 rings (SSSR count). The van der Waals surface area contributed by atoms with Crippen LogP contribution in [0.5, 0.6) is 11.5 Å². The second kappa shape index (κ2) is 8.25. The second-order valence-electron chi connectivity index (χ2n) is 7.00. The fourth-order valence-corrected chi connectivity index (χ4v) is 3.28. The molecule has 0 atom stereocenters. The second-order valence-corrected chi connectivity index (χ2v) is 7.00. The van der Waals surface area contributed by atoms with E-state index < -0.39 is 5.97 Å². The molecule has 0 aliphatic rings. The highest BCUT2D eigenvalue weighted by molar-refractivity contribution is 6.04. The first-order valence-corrected chi connectivity index (χ1v) is 9.53. The molecule has 0 N–H and O–H groups in total. The van der Waals surface area contributed by atoms with E-state index in [1.54, 1.807) is 18.2 Å². The molecule has 0 unspecified atom stereocenters. The van der Waals surface area contributed by atoms with Gasteiger partial charge in [0.2, 0.25) is 0 Å². The lowest BCUT2D eigenvalue weighted by Crippen LogP contribution is -2.22. The maximum atomic E-state index is 11.7. The van der Waals surface area contributed by atoms with Gasteiger partial charge in [0.25, 0.3) is 0 Å². The number of carboxylic acids is 1. The van der Waals surface area contributed by atoms with Gasteiger partial charge in [-0.05, 0) is 48.9 Å². The van der Waals surface area contributed by atoms with Crippen molar-refractivity contribution in [3.8, 4) is 22.8 Å². The summed E-state index contributed by atoms with van der Waals surface area (Å²) in [7, 11) is 1.53. The Bertz CT molecular complexity index is 1200.